The summed E-state index contributed by atoms with van der Waals surface area (Å²) < 4.78 is 32.0. The van der Waals surface area contributed by atoms with Crippen LogP contribution in [0.4, 0.5) is 5.13 Å². The maximum absolute atomic E-state index is 12.2. The molecule has 26 heavy (non-hydrogen) atoms. The van der Waals surface area contributed by atoms with Crippen molar-refractivity contribution in [3.05, 3.63) is 58.4 Å². The first-order valence-corrected chi connectivity index (χ1v) is 10.6. The van der Waals surface area contributed by atoms with Crippen LogP contribution in [0.25, 0.3) is 0 Å². The monoisotopic (exact) mass is 409 g/mol. The molecule has 3 rings (SSSR count). The van der Waals surface area contributed by atoms with Crippen LogP contribution in [-0.4, -0.2) is 26.4 Å². The number of thiazole rings is 1. The number of sulfonamides is 1. The van der Waals surface area contributed by atoms with Crippen LogP contribution in [0.2, 0.25) is 0 Å². The first-order chi connectivity index (χ1) is 12.5. The number of anilines is 1. The second kappa shape index (κ2) is 7.85. The molecule has 0 unspecified atom stereocenters. The Balaban J connectivity index is 1.63. The van der Waals surface area contributed by atoms with Crippen molar-refractivity contribution in [1.82, 2.24) is 10.3 Å². The molecule has 3 aromatic rings. The van der Waals surface area contributed by atoms with E-state index in [-0.39, 0.29) is 20.9 Å². The Bertz CT molecular complexity index is 997. The normalized spacial score (nSPS) is 11.1. The number of methoxy groups -OCH3 is 1. The Kier molecular flexibility index (Phi) is 5.55. The lowest BCUT2D eigenvalue weighted by Gasteiger charge is -2.05. The first-order valence-electron chi connectivity index (χ1n) is 7.41. The van der Waals surface area contributed by atoms with Crippen LogP contribution < -0.4 is 14.8 Å². The highest BCUT2D eigenvalue weighted by atomic mass is 32.2. The molecule has 0 saturated heterocycles. The van der Waals surface area contributed by atoms with Crippen molar-refractivity contribution >= 4 is 43.7 Å². The molecule has 0 aliphatic rings. The summed E-state index contributed by atoms with van der Waals surface area (Å²) in [6.07, 6.45) is 0. The van der Waals surface area contributed by atoms with E-state index in [2.05, 4.69) is 15.0 Å². The van der Waals surface area contributed by atoms with E-state index in [1.54, 1.807) is 18.6 Å². The zero-order valence-electron chi connectivity index (χ0n) is 13.6. The number of rotatable bonds is 7. The fourth-order valence-corrected chi connectivity index (χ4v) is 5.00. The summed E-state index contributed by atoms with van der Waals surface area (Å²) in [5.74, 6) is 0.321. The molecule has 0 bridgehead atoms. The van der Waals surface area contributed by atoms with Gasteiger partial charge in [-0.2, -0.15) is 0 Å². The van der Waals surface area contributed by atoms with Gasteiger partial charge in [-0.05, 0) is 29.1 Å². The van der Waals surface area contributed by atoms with Gasteiger partial charge in [0.05, 0.1) is 7.11 Å². The molecule has 0 aliphatic carbocycles. The number of thiophene rings is 1. The minimum atomic E-state index is -3.67. The third-order valence-electron chi connectivity index (χ3n) is 3.31. The fraction of sp³-hybridized carbons (Fsp3) is 0.125. The Labute approximate surface area is 158 Å². The van der Waals surface area contributed by atoms with Gasteiger partial charge in [0.2, 0.25) is 0 Å². The number of amides is 1. The Morgan fingerprint density at radius 3 is 2.81 bits per heavy atom. The number of carbonyl (C=O) groups is 1. The Morgan fingerprint density at radius 2 is 2.08 bits per heavy atom. The first kappa shape index (κ1) is 18.4. The fourth-order valence-electron chi connectivity index (χ4n) is 2.06. The Morgan fingerprint density at radius 1 is 1.23 bits per heavy atom. The van der Waals surface area contributed by atoms with Gasteiger partial charge in [0.25, 0.3) is 15.9 Å². The molecule has 0 fully saturated rings. The summed E-state index contributed by atoms with van der Waals surface area (Å²) in [4.78, 5) is 16.3. The molecule has 2 aromatic heterocycles. The van der Waals surface area contributed by atoms with Gasteiger partial charge in [-0.15, -0.1) is 22.7 Å². The summed E-state index contributed by atoms with van der Waals surface area (Å²) >= 11 is 2.16. The highest BCUT2D eigenvalue weighted by Gasteiger charge is 2.18. The molecule has 2 N–H and O–H groups in total. The van der Waals surface area contributed by atoms with Crippen molar-refractivity contribution in [1.29, 1.82) is 0 Å². The smallest absolute Gasteiger partial charge is 0.273 e. The summed E-state index contributed by atoms with van der Waals surface area (Å²) in [5.41, 5.74) is 1.04. The van der Waals surface area contributed by atoms with Crippen molar-refractivity contribution in [3.63, 3.8) is 0 Å². The third kappa shape index (κ3) is 4.40. The number of carbonyl (C=O) groups excluding carboxylic acids is 1. The van der Waals surface area contributed by atoms with E-state index in [0.29, 0.717) is 12.3 Å². The van der Waals surface area contributed by atoms with E-state index in [9.17, 15) is 13.2 Å². The van der Waals surface area contributed by atoms with Crippen molar-refractivity contribution in [2.24, 2.45) is 0 Å². The van der Waals surface area contributed by atoms with Gasteiger partial charge in [0.1, 0.15) is 15.7 Å². The van der Waals surface area contributed by atoms with Gasteiger partial charge in [0.15, 0.2) is 5.13 Å². The van der Waals surface area contributed by atoms with Gasteiger partial charge in [0, 0.05) is 11.9 Å². The van der Waals surface area contributed by atoms with Crippen LogP contribution >= 0.6 is 22.7 Å². The number of aromatic nitrogens is 1. The van der Waals surface area contributed by atoms with Gasteiger partial charge < -0.3 is 10.1 Å². The lowest BCUT2D eigenvalue weighted by molar-refractivity contribution is 0.0946. The summed E-state index contributed by atoms with van der Waals surface area (Å²) in [6.45, 7) is 0.309. The van der Waals surface area contributed by atoms with Gasteiger partial charge in [-0.1, -0.05) is 18.2 Å². The predicted octanol–water partition coefficient (Wildman–Crippen LogP) is 2.94. The standard InChI is InChI=1S/C16H15N3O4S3/c1-23-12-5-2-4-11(8-12)9-17-15(20)13-10-25-16(18-13)19-26(21,22)14-6-3-7-24-14/h2-8,10H,9H2,1H3,(H,17,20)(H,18,19). The van der Waals surface area contributed by atoms with Gasteiger partial charge in [-0.25, -0.2) is 13.4 Å². The molecule has 1 aromatic carbocycles. The van der Waals surface area contributed by atoms with Crippen molar-refractivity contribution in [2.45, 2.75) is 10.8 Å². The van der Waals surface area contributed by atoms with Crippen LogP contribution in [0.15, 0.2) is 51.4 Å². The molecule has 1 amide bonds. The summed E-state index contributed by atoms with van der Waals surface area (Å²) in [6, 6.07) is 10.5. The largest absolute Gasteiger partial charge is 0.497 e. The average molecular weight is 410 g/mol. The maximum atomic E-state index is 12.2. The maximum Gasteiger partial charge on any atom is 0.273 e. The van der Waals surface area contributed by atoms with E-state index < -0.39 is 10.0 Å². The number of hydrogen-bond acceptors (Lipinski definition) is 7. The van der Waals surface area contributed by atoms with E-state index >= 15 is 0 Å². The Hall–Kier alpha value is -2.43. The zero-order chi connectivity index (χ0) is 18.6. The predicted molar refractivity (Wildman–Crippen MR) is 101 cm³/mol. The number of nitrogens with one attached hydrogen (secondary N) is 2. The minimum absolute atomic E-state index is 0.143. The molecule has 0 saturated carbocycles. The van der Waals surface area contributed by atoms with Crippen LogP contribution in [-0.2, 0) is 16.6 Å². The molecule has 0 radical (unpaired) electrons. The van der Waals surface area contributed by atoms with Gasteiger partial charge in [-0.3, -0.25) is 9.52 Å². The lowest BCUT2D eigenvalue weighted by Crippen LogP contribution is -2.23. The number of ether oxygens (including phenoxy) is 1. The van der Waals surface area contributed by atoms with Crippen molar-refractivity contribution in [3.8, 4) is 5.75 Å². The second-order valence-corrected chi connectivity index (χ2v) is 8.82. The van der Waals surface area contributed by atoms with E-state index in [4.69, 9.17) is 4.74 Å². The topological polar surface area (TPSA) is 97.4 Å². The van der Waals surface area contributed by atoms with Crippen LogP contribution in [0.3, 0.4) is 0 Å². The van der Waals surface area contributed by atoms with E-state index in [1.807, 2.05) is 24.3 Å². The summed E-state index contributed by atoms with van der Waals surface area (Å²) in [5, 5.41) is 6.07. The minimum Gasteiger partial charge on any atom is -0.497 e. The SMILES string of the molecule is COc1cccc(CNC(=O)c2csc(NS(=O)(=O)c3cccs3)n2)c1. The molecular weight excluding hydrogens is 394 g/mol. The molecule has 0 spiro atoms. The number of benzene rings is 1. The molecule has 2 heterocycles. The second-order valence-electron chi connectivity index (χ2n) is 5.11. The molecule has 136 valence electrons. The molecular formula is C16H15N3O4S3. The van der Waals surface area contributed by atoms with E-state index in [0.717, 1.165) is 28.2 Å². The van der Waals surface area contributed by atoms with Crippen LogP contribution in [0, 0.1) is 0 Å². The molecule has 10 heteroatoms. The molecule has 0 atom stereocenters. The average Bonchev–Trinajstić information content (AvgIpc) is 3.32. The van der Waals surface area contributed by atoms with Gasteiger partial charge >= 0.3 is 0 Å². The highest BCUT2D eigenvalue weighted by Crippen LogP contribution is 2.22. The highest BCUT2D eigenvalue weighted by molar-refractivity contribution is 7.94. The molecule has 7 nitrogen and oxygen atoms in total. The van der Waals surface area contributed by atoms with Crippen molar-refractivity contribution < 1.29 is 17.9 Å². The quantitative estimate of drug-likeness (QED) is 0.625. The van der Waals surface area contributed by atoms with Crippen LogP contribution in [0.5, 0.6) is 5.75 Å². The molecule has 0 aliphatic heterocycles. The van der Waals surface area contributed by atoms with Crippen LogP contribution in [0.1, 0.15) is 16.1 Å². The summed E-state index contributed by atoms with van der Waals surface area (Å²) in [7, 11) is -2.10. The lowest BCUT2D eigenvalue weighted by atomic mass is 10.2. The van der Waals surface area contributed by atoms with E-state index in [1.165, 1.54) is 11.4 Å². The number of nitrogens with zero attached hydrogens (tertiary/aromatic N) is 1. The zero-order valence-corrected chi connectivity index (χ0v) is 16.1. The third-order valence-corrected chi connectivity index (χ3v) is 6.93. The van der Waals surface area contributed by atoms with Crippen molar-refractivity contribution in [2.75, 3.05) is 11.8 Å². The number of hydrogen-bond donors (Lipinski definition) is 2.